The van der Waals surface area contributed by atoms with Gasteiger partial charge in [-0.1, -0.05) is 50.1 Å². The number of aryl methyl sites for hydroxylation is 1. The third-order valence-corrected chi connectivity index (χ3v) is 7.90. The predicted octanol–water partition coefficient (Wildman–Crippen LogP) is 3.05. The largest absolute Gasteiger partial charge is 0.324 e. The molecule has 0 spiro atoms. The van der Waals surface area contributed by atoms with Crippen molar-refractivity contribution in [3.63, 3.8) is 0 Å². The van der Waals surface area contributed by atoms with E-state index in [1.165, 1.54) is 16.1 Å². The molecule has 1 aromatic carbocycles. The second kappa shape index (κ2) is 9.73. The summed E-state index contributed by atoms with van der Waals surface area (Å²) >= 11 is 1.20. The van der Waals surface area contributed by atoms with Gasteiger partial charge in [0.1, 0.15) is 10.7 Å². The summed E-state index contributed by atoms with van der Waals surface area (Å²) in [4.78, 5) is 16.8. The van der Waals surface area contributed by atoms with E-state index in [0.717, 1.165) is 44.3 Å². The molecule has 2 N–H and O–H groups in total. The van der Waals surface area contributed by atoms with E-state index in [-0.39, 0.29) is 22.6 Å². The standard InChI is InChI=1S/C19H27N5O3S2/c1-3-17-21-19(23-22-17)28-13-18(25)20-15-11-7-8-12-16(15)29(26,27)24(2)14-9-5-4-6-10-14/h7-8,11-12,14H,3-6,9-10,13H2,1-2H3,(H,20,25)(H,21,22,23). The lowest BCUT2D eigenvalue weighted by Gasteiger charge is -2.30. The zero-order valence-corrected chi connectivity index (χ0v) is 18.4. The fourth-order valence-corrected chi connectivity index (χ4v) is 5.59. The Morgan fingerprint density at radius 2 is 2.00 bits per heavy atom. The van der Waals surface area contributed by atoms with E-state index in [1.54, 1.807) is 31.3 Å². The Labute approximate surface area is 175 Å². The second-order valence-electron chi connectivity index (χ2n) is 7.06. The van der Waals surface area contributed by atoms with Crippen molar-refractivity contribution in [2.24, 2.45) is 0 Å². The molecule has 1 aliphatic rings. The quantitative estimate of drug-likeness (QED) is 0.615. The number of H-pyrrole nitrogens is 1. The highest BCUT2D eigenvalue weighted by atomic mass is 32.2. The number of nitrogens with one attached hydrogen (secondary N) is 2. The predicted molar refractivity (Wildman–Crippen MR) is 113 cm³/mol. The fourth-order valence-electron chi connectivity index (χ4n) is 3.41. The number of para-hydroxylation sites is 1. The molecule has 0 saturated heterocycles. The van der Waals surface area contributed by atoms with Crippen LogP contribution >= 0.6 is 11.8 Å². The van der Waals surface area contributed by atoms with E-state index in [0.29, 0.717) is 10.8 Å². The number of rotatable bonds is 8. The Hall–Kier alpha value is -1.91. The molecule has 1 amide bonds. The van der Waals surface area contributed by atoms with Gasteiger partial charge in [-0.25, -0.2) is 13.4 Å². The minimum Gasteiger partial charge on any atom is -0.324 e. The molecule has 2 aromatic rings. The van der Waals surface area contributed by atoms with Gasteiger partial charge in [-0.2, -0.15) is 4.31 Å². The number of sulfonamides is 1. The van der Waals surface area contributed by atoms with Gasteiger partial charge in [-0.15, -0.1) is 5.10 Å². The minimum atomic E-state index is -3.70. The SMILES string of the molecule is CCc1nc(SCC(=O)Nc2ccccc2S(=O)(=O)N(C)C2CCCCC2)n[nH]1. The fraction of sp³-hybridized carbons (Fsp3) is 0.526. The number of amides is 1. The maximum Gasteiger partial charge on any atom is 0.245 e. The van der Waals surface area contributed by atoms with Crippen LogP contribution in [-0.4, -0.2) is 52.7 Å². The maximum atomic E-state index is 13.2. The molecule has 0 unspecified atom stereocenters. The van der Waals surface area contributed by atoms with Crippen LogP contribution in [0.2, 0.25) is 0 Å². The van der Waals surface area contributed by atoms with Crippen molar-refractivity contribution >= 4 is 33.4 Å². The van der Waals surface area contributed by atoms with E-state index >= 15 is 0 Å². The van der Waals surface area contributed by atoms with Gasteiger partial charge < -0.3 is 5.32 Å². The summed E-state index contributed by atoms with van der Waals surface area (Å²) in [5.41, 5.74) is 0.296. The van der Waals surface area contributed by atoms with Crippen molar-refractivity contribution < 1.29 is 13.2 Å². The molecule has 158 valence electrons. The van der Waals surface area contributed by atoms with Crippen molar-refractivity contribution in [2.45, 2.75) is 61.5 Å². The molecule has 8 nitrogen and oxygen atoms in total. The molecular weight excluding hydrogens is 410 g/mol. The molecule has 0 bridgehead atoms. The summed E-state index contributed by atoms with van der Waals surface area (Å²) in [6.07, 6.45) is 5.72. The smallest absolute Gasteiger partial charge is 0.245 e. The summed E-state index contributed by atoms with van der Waals surface area (Å²) in [6, 6.07) is 6.55. The van der Waals surface area contributed by atoms with Crippen LogP contribution in [0.5, 0.6) is 0 Å². The molecular formula is C19H27N5O3S2. The van der Waals surface area contributed by atoms with Crippen molar-refractivity contribution in [1.29, 1.82) is 0 Å². The Bertz CT molecular complexity index is 939. The number of hydrogen-bond donors (Lipinski definition) is 2. The van der Waals surface area contributed by atoms with Gasteiger partial charge >= 0.3 is 0 Å². The van der Waals surface area contributed by atoms with Gasteiger partial charge in [-0.3, -0.25) is 9.89 Å². The molecule has 1 aromatic heterocycles. The maximum absolute atomic E-state index is 13.2. The van der Waals surface area contributed by atoms with Crippen LogP contribution < -0.4 is 5.32 Å². The van der Waals surface area contributed by atoms with Crippen LogP contribution in [0.4, 0.5) is 5.69 Å². The van der Waals surface area contributed by atoms with Gasteiger partial charge in [0.15, 0.2) is 0 Å². The summed E-state index contributed by atoms with van der Waals surface area (Å²) < 4.78 is 27.9. The first-order valence-electron chi connectivity index (χ1n) is 9.82. The van der Waals surface area contributed by atoms with E-state index in [2.05, 4.69) is 20.5 Å². The minimum absolute atomic E-state index is 0.00608. The number of carbonyl (C=O) groups excluding carboxylic acids is 1. The zero-order valence-electron chi connectivity index (χ0n) is 16.7. The highest BCUT2D eigenvalue weighted by Crippen LogP contribution is 2.30. The number of carbonyl (C=O) groups is 1. The molecule has 1 saturated carbocycles. The lowest BCUT2D eigenvalue weighted by atomic mass is 9.96. The first-order valence-corrected chi connectivity index (χ1v) is 12.3. The van der Waals surface area contributed by atoms with Gasteiger partial charge in [-0.05, 0) is 25.0 Å². The number of nitrogens with zero attached hydrogens (tertiary/aromatic N) is 3. The van der Waals surface area contributed by atoms with Crippen LogP contribution in [0.15, 0.2) is 34.3 Å². The number of thioether (sulfide) groups is 1. The molecule has 0 atom stereocenters. The highest BCUT2D eigenvalue weighted by Gasteiger charge is 2.31. The molecule has 29 heavy (non-hydrogen) atoms. The summed E-state index contributed by atoms with van der Waals surface area (Å²) in [5.74, 6) is 0.546. The normalized spacial score (nSPS) is 15.6. The molecule has 0 aliphatic heterocycles. The second-order valence-corrected chi connectivity index (χ2v) is 9.97. The van der Waals surface area contributed by atoms with Gasteiger partial charge in [0.05, 0.1) is 11.4 Å². The zero-order chi connectivity index (χ0) is 20.9. The Morgan fingerprint density at radius 3 is 2.69 bits per heavy atom. The first-order chi connectivity index (χ1) is 13.9. The van der Waals surface area contributed by atoms with Crippen molar-refractivity contribution in [2.75, 3.05) is 18.1 Å². The van der Waals surface area contributed by atoms with E-state index in [1.807, 2.05) is 6.92 Å². The van der Waals surface area contributed by atoms with Crippen LogP contribution in [0.25, 0.3) is 0 Å². The number of aromatic amines is 1. The molecule has 1 aliphatic carbocycles. The van der Waals surface area contributed by atoms with Crippen LogP contribution in [0.3, 0.4) is 0 Å². The first kappa shape index (κ1) is 21.8. The Kier molecular flexibility index (Phi) is 7.31. The Balaban J connectivity index is 1.69. The monoisotopic (exact) mass is 437 g/mol. The van der Waals surface area contributed by atoms with Crippen molar-refractivity contribution in [3.8, 4) is 0 Å². The van der Waals surface area contributed by atoms with Crippen LogP contribution in [0.1, 0.15) is 44.9 Å². The third kappa shape index (κ3) is 5.37. The number of anilines is 1. The lowest BCUT2D eigenvalue weighted by molar-refractivity contribution is -0.113. The molecule has 1 heterocycles. The van der Waals surface area contributed by atoms with E-state index in [4.69, 9.17) is 0 Å². The molecule has 3 rings (SSSR count). The highest BCUT2D eigenvalue weighted by molar-refractivity contribution is 7.99. The molecule has 10 heteroatoms. The number of aromatic nitrogens is 3. The number of hydrogen-bond acceptors (Lipinski definition) is 6. The van der Waals surface area contributed by atoms with Crippen molar-refractivity contribution in [1.82, 2.24) is 19.5 Å². The van der Waals surface area contributed by atoms with Gasteiger partial charge in [0.2, 0.25) is 21.1 Å². The van der Waals surface area contributed by atoms with E-state index in [9.17, 15) is 13.2 Å². The average molecular weight is 438 g/mol. The van der Waals surface area contributed by atoms with Crippen LogP contribution in [-0.2, 0) is 21.2 Å². The molecule has 1 fully saturated rings. The van der Waals surface area contributed by atoms with Crippen molar-refractivity contribution in [3.05, 3.63) is 30.1 Å². The van der Waals surface area contributed by atoms with E-state index < -0.39 is 10.0 Å². The van der Waals surface area contributed by atoms with Gasteiger partial charge in [0, 0.05) is 19.5 Å². The Morgan fingerprint density at radius 1 is 1.28 bits per heavy atom. The van der Waals surface area contributed by atoms with Crippen LogP contribution in [0, 0.1) is 0 Å². The summed E-state index contributed by atoms with van der Waals surface area (Å²) in [7, 11) is -2.07. The molecule has 0 radical (unpaired) electrons. The topological polar surface area (TPSA) is 108 Å². The summed E-state index contributed by atoms with van der Waals surface area (Å²) in [5, 5.41) is 10.1. The van der Waals surface area contributed by atoms with Gasteiger partial charge in [0.25, 0.3) is 0 Å². The number of benzene rings is 1. The lowest BCUT2D eigenvalue weighted by Crippen LogP contribution is -2.38. The summed E-state index contributed by atoms with van der Waals surface area (Å²) in [6.45, 7) is 1.96. The third-order valence-electron chi connectivity index (χ3n) is 5.09. The average Bonchev–Trinajstić information content (AvgIpc) is 3.21.